The Labute approximate surface area is 404 Å². The molecule has 0 unspecified atom stereocenters. The van der Waals surface area contributed by atoms with Crippen molar-refractivity contribution in [2.75, 3.05) is 21.7 Å². The van der Waals surface area contributed by atoms with Crippen molar-refractivity contribution in [3.63, 3.8) is 0 Å². The number of benzene rings is 6. The van der Waals surface area contributed by atoms with Gasteiger partial charge < -0.3 is 21.7 Å². The SMILES string of the molecule is Nc1ccccc1C(=O)Cl.O=C(Cl)c1cccc(NC(=O)c2c(F)cccc2F)c1.O=C(Cl)c1cccc(NC(=O)c2ccc(F)c(F)c2)c1.O=C(Cl)c1cccc(NC(=O)c2cccnc2)c1. The van der Waals surface area contributed by atoms with Crippen molar-refractivity contribution in [2.45, 2.75) is 0 Å². The smallest absolute Gasteiger partial charge is 0.261 e. The van der Waals surface area contributed by atoms with E-state index in [0.29, 0.717) is 33.8 Å². The molecule has 12 nitrogen and oxygen atoms in total. The van der Waals surface area contributed by atoms with Crippen molar-refractivity contribution in [1.29, 1.82) is 0 Å². The molecule has 5 N–H and O–H groups in total. The second-order valence-corrected chi connectivity index (χ2v) is 14.6. The maximum Gasteiger partial charge on any atom is 0.261 e. The molecule has 346 valence electrons. The lowest BCUT2D eigenvalue weighted by atomic mass is 10.1. The number of para-hydroxylation sites is 1. The lowest BCUT2D eigenvalue weighted by Crippen LogP contribution is -2.16. The Morgan fingerprint density at radius 2 is 0.853 bits per heavy atom. The van der Waals surface area contributed by atoms with E-state index in [1.807, 2.05) is 0 Å². The van der Waals surface area contributed by atoms with E-state index in [0.717, 1.165) is 36.4 Å². The van der Waals surface area contributed by atoms with E-state index >= 15 is 0 Å². The van der Waals surface area contributed by atoms with Gasteiger partial charge in [-0.2, -0.15) is 0 Å². The summed E-state index contributed by atoms with van der Waals surface area (Å²) in [6.07, 6.45) is 3.05. The predicted octanol–water partition coefficient (Wildman–Crippen LogP) is 11.6. The minimum absolute atomic E-state index is 0.0356. The Kier molecular flexibility index (Phi) is 20.1. The number of pyridine rings is 1. The van der Waals surface area contributed by atoms with Gasteiger partial charge in [0.05, 0.1) is 11.1 Å². The van der Waals surface area contributed by atoms with Crippen molar-refractivity contribution in [3.8, 4) is 0 Å². The molecule has 0 bridgehead atoms. The van der Waals surface area contributed by atoms with Crippen molar-refractivity contribution in [1.82, 2.24) is 4.98 Å². The molecular weight excluding hydrogens is 976 g/mol. The van der Waals surface area contributed by atoms with Crippen molar-refractivity contribution >= 4 is 108 Å². The minimum atomic E-state index is -1.11. The predicted molar refractivity (Wildman–Crippen MR) is 252 cm³/mol. The molecular formula is C48H31Cl4F4N5O7. The fourth-order valence-electron chi connectivity index (χ4n) is 5.28. The number of aromatic nitrogens is 1. The summed E-state index contributed by atoms with van der Waals surface area (Å²) in [5, 5.41) is 5.00. The van der Waals surface area contributed by atoms with Crippen LogP contribution in [0, 0.1) is 23.3 Å². The van der Waals surface area contributed by atoms with Crippen LogP contribution in [0.1, 0.15) is 72.5 Å². The van der Waals surface area contributed by atoms with Crippen molar-refractivity contribution < 1.29 is 51.1 Å². The van der Waals surface area contributed by atoms with E-state index in [1.54, 1.807) is 66.9 Å². The van der Waals surface area contributed by atoms with Crippen LogP contribution in [0.5, 0.6) is 0 Å². The highest BCUT2D eigenvalue weighted by Gasteiger charge is 2.18. The molecule has 0 aliphatic carbocycles. The van der Waals surface area contributed by atoms with Crippen LogP contribution in [0.4, 0.5) is 40.3 Å². The Hall–Kier alpha value is -7.76. The summed E-state index contributed by atoms with van der Waals surface area (Å²) in [6.45, 7) is 0. The number of hydrogen-bond acceptors (Lipinski definition) is 9. The van der Waals surface area contributed by atoms with Gasteiger partial charge >= 0.3 is 0 Å². The van der Waals surface area contributed by atoms with Gasteiger partial charge in [0.15, 0.2) is 11.6 Å². The fraction of sp³-hybridized carbons (Fsp3) is 0. The zero-order valence-corrected chi connectivity index (χ0v) is 37.4. The third kappa shape index (κ3) is 16.3. The highest BCUT2D eigenvalue weighted by atomic mass is 35.5. The molecule has 20 heteroatoms. The number of nitrogens with zero attached hydrogens (tertiary/aromatic N) is 1. The quantitative estimate of drug-likeness (QED) is 0.0586. The summed E-state index contributed by atoms with van der Waals surface area (Å²) in [5.74, 6) is -5.93. The molecule has 1 aromatic heterocycles. The Balaban J connectivity index is 0.000000203. The number of carbonyl (C=O) groups is 7. The lowest BCUT2D eigenvalue weighted by molar-refractivity contribution is 0.101. The number of rotatable bonds is 10. The van der Waals surface area contributed by atoms with Crippen LogP contribution < -0.4 is 21.7 Å². The second-order valence-electron chi connectivity index (χ2n) is 13.3. The number of nitrogens with one attached hydrogen (secondary N) is 3. The van der Waals surface area contributed by atoms with Gasteiger partial charge in [-0.3, -0.25) is 38.5 Å². The van der Waals surface area contributed by atoms with Gasteiger partial charge in [-0.25, -0.2) is 17.6 Å². The first kappa shape index (κ1) is 52.9. The molecule has 7 rings (SSSR count). The van der Waals surface area contributed by atoms with Crippen molar-refractivity contribution in [3.05, 3.63) is 220 Å². The number of anilines is 4. The lowest BCUT2D eigenvalue weighted by Gasteiger charge is -2.07. The number of carbonyl (C=O) groups excluding carboxylic acids is 7. The number of amides is 3. The van der Waals surface area contributed by atoms with E-state index in [2.05, 4.69) is 20.9 Å². The first-order valence-electron chi connectivity index (χ1n) is 19.0. The maximum absolute atomic E-state index is 13.4. The van der Waals surface area contributed by atoms with Gasteiger partial charge in [-0.1, -0.05) is 36.4 Å². The molecule has 3 amide bonds. The number of nitrogens with two attached hydrogens (primary N) is 1. The number of hydrogen-bond donors (Lipinski definition) is 4. The summed E-state index contributed by atoms with van der Waals surface area (Å²) in [7, 11) is 0. The van der Waals surface area contributed by atoms with Crippen LogP contribution in [0.3, 0.4) is 0 Å². The second kappa shape index (κ2) is 25.8. The van der Waals surface area contributed by atoms with E-state index in [9.17, 15) is 51.1 Å². The number of halogens is 8. The van der Waals surface area contributed by atoms with Gasteiger partial charge in [-0.05, 0) is 156 Å². The molecule has 0 fully saturated rings. The summed E-state index contributed by atoms with van der Waals surface area (Å²) in [5.41, 5.74) is 7.69. The Morgan fingerprint density at radius 1 is 0.412 bits per heavy atom. The van der Waals surface area contributed by atoms with Crippen LogP contribution >= 0.6 is 46.4 Å². The first-order chi connectivity index (χ1) is 32.3. The van der Waals surface area contributed by atoms with Gasteiger partial charge in [0, 0.05) is 57.4 Å². The average Bonchev–Trinajstić information content (AvgIpc) is 3.31. The van der Waals surface area contributed by atoms with Gasteiger partial charge in [0.25, 0.3) is 38.7 Å². The topological polar surface area (TPSA) is 194 Å². The zero-order valence-electron chi connectivity index (χ0n) is 34.4. The Bertz CT molecular complexity index is 2980. The van der Waals surface area contributed by atoms with Gasteiger partial charge in [-0.15, -0.1) is 0 Å². The summed E-state index contributed by atoms with van der Waals surface area (Å²) >= 11 is 21.2. The van der Waals surface area contributed by atoms with Crippen LogP contribution in [-0.2, 0) is 0 Å². The average molecular weight is 1010 g/mol. The first-order valence-corrected chi connectivity index (χ1v) is 20.5. The van der Waals surface area contributed by atoms with Crippen LogP contribution in [0.25, 0.3) is 0 Å². The van der Waals surface area contributed by atoms with E-state index < -0.39 is 61.6 Å². The fourth-order valence-corrected chi connectivity index (χ4v) is 5.81. The summed E-state index contributed by atoms with van der Waals surface area (Å²) in [4.78, 5) is 82.9. The molecule has 0 aliphatic rings. The third-order valence-electron chi connectivity index (χ3n) is 8.51. The molecule has 0 radical (unpaired) electrons. The minimum Gasteiger partial charge on any atom is -0.398 e. The van der Waals surface area contributed by atoms with Gasteiger partial charge in [0.2, 0.25) is 0 Å². The zero-order chi connectivity index (χ0) is 49.9. The molecule has 0 saturated carbocycles. The highest BCUT2D eigenvalue weighted by molar-refractivity contribution is 6.69. The molecule has 1 heterocycles. The summed E-state index contributed by atoms with van der Waals surface area (Å²) in [6, 6.07) is 34.1. The standard InChI is InChI=1S/2C14H8ClF2NO2.C13H9ClN2O2.C7H6ClNO/c15-13(19)8-3-1-4-9(7-8)18-14(20)12-10(16)5-2-6-11(12)17;15-13(19)8-2-1-3-10(6-8)18-14(20)9-4-5-11(16)12(17)7-9;14-12(17)9-3-1-5-11(7-9)16-13(18)10-4-2-6-15-8-10;8-7(10)5-3-1-2-4-6(5)9/h2*1-7H,(H,18,20);1-8H,(H,16,18);1-4H,9H2. The molecule has 0 spiro atoms. The van der Waals surface area contributed by atoms with Crippen molar-refractivity contribution in [2.24, 2.45) is 0 Å². The maximum atomic E-state index is 13.4. The molecule has 0 aliphatic heterocycles. The van der Waals surface area contributed by atoms with Crippen LogP contribution in [0.15, 0.2) is 158 Å². The highest BCUT2D eigenvalue weighted by Crippen LogP contribution is 2.19. The monoisotopic (exact) mass is 1010 g/mol. The van der Waals surface area contributed by atoms with Crippen LogP contribution in [0.2, 0.25) is 0 Å². The molecule has 7 aromatic rings. The molecule has 68 heavy (non-hydrogen) atoms. The third-order valence-corrected chi connectivity index (χ3v) is 9.37. The van der Waals surface area contributed by atoms with E-state index in [4.69, 9.17) is 52.1 Å². The van der Waals surface area contributed by atoms with E-state index in [-0.39, 0.29) is 28.3 Å². The Morgan fingerprint density at radius 3 is 1.26 bits per heavy atom. The number of nitrogen functional groups attached to an aromatic ring is 1. The normalized spacial score (nSPS) is 9.94. The summed E-state index contributed by atoms with van der Waals surface area (Å²) < 4.78 is 52.7. The van der Waals surface area contributed by atoms with Gasteiger partial charge in [0.1, 0.15) is 17.2 Å². The van der Waals surface area contributed by atoms with Crippen LogP contribution in [-0.4, -0.2) is 43.7 Å². The molecule has 6 aromatic carbocycles. The molecule has 0 atom stereocenters. The molecule has 0 saturated heterocycles. The largest absolute Gasteiger partial charge is 0.398 e. The van der Waals surface area contributed by atoms with E-state index in [1.165, 1.54) is 54.7 Å².